The van der Waals surface area contributed by atoms with Crippen LogP contribution < -0.4 is 15.4 Å². The second-order valence-electron chi connectivity index (χ2n) is 4.93. The van der Waals surface area contributed by atoms with E-state index in [0.717, 1.165) is 6.07 Å². The molecular formula is C16H15F3N2O4. The topological polar surface area (TPSA) is 80.6 Å². The average molecular weight is 356 g/mol. The first kappa shape index (κ1) is 18.4. The summed E-state index contributed by atoms with van der Waals surface area (Å²) in [6.45, 7) is -0.540. The lowest BCUT2D eigenvalue weighted by molar-refractivity contribution is -0.122. The second kappa shape index (κ2) is 8.22. The molecule has 134 valence electrons. The minimum absolute atomic E-state index is 0.0181. The zero-order chi connectivity index (χ0) is 18.4. The van der Waals surface area contributed by atoms with Crippen LogP contribution in [0.1, 0.15) is 22.2 Å². The van der Waals surface area contributed by atoms with Gasteiger partial charge in [0, 0.05) is 0 Å². The van der Waals surface area contributed by atoms with Crippen LogP contribution in [0.15, 0.2) is 41.0 Å². The van der Waals surface area contributed by atoms with Gasteiger partial charge in [-0.1, -0.05) is 6.07 Å². The highest BCUT2D eigenvalue weighted by Crippen LogP contribution is 2.25. The van der Waals surface area contributed by atoms with E-state index in [2.05, 4.69) is 10.6 Å². The molecule has 0 aliphatic rings. The quantitative estimate of drug-likeness (QED) is 0.798. The largest absolute Gasteiger partial charge is 0.494 e. The summed E-state index contributed by atoms with van der Waals surface area (Å²) in [4.78, 5) is 23.4. The second-order valence-corrected chi connectivity index (χ2v) is 4.93. The summed E-state index contributed by atoms with van der Waals surface area (Å²) in [7, 11) is 1.24. The van der Waals surface area contributed by atoms with Crippen LogP contribution >= 0.6 is 0 Å². The number of rotatable bonds is 7. The maximum Gasteiger partial charge on any atom is 0.287 e. The fourth-order valence-corrected chi connectivity index (χ4v) is 2.05. The van der Waals surface area contributed by atoms with E-state index >= 15 is 0 Å². The predicted molar refractivity (Wildman–Crippen MR) is 80.9 cm³/mol. The number of nitrogens with one attached hydrogen (secondary N) is 2. The lowest BCUT2D eigenvalue weighted by atomic mass is 10.1. The molecule has 0 unspecified atom stereocenters. The van der Waals surface area contributed by atoms with Gasteiger partial charge >= 0.3 is 0 Å². The maximum atomic E-state index is 13.7. The van der Waals surface area contributed by atoms with Crippen LogP contribution in [-0.4, -0.2) is 31.9 Å². The number of methoxy groups -OCH3 is 1. The summed E-state index contributed by atoms with van der Waals surface area (Å²) in [5.41, 5.74) is -0.126. The van der Waals surface area contributed by atoms with Crippen molar-refractivity contribution in [2.75, 3.05) is 13.7 Å². The van der Waals surface area contributed by atoms with Crippen LogP contribution in [0.25, 0.3) is 0 Å². The molecule has 0 saturated heterocycles. The molecule has 0 aliphatic carbocycles. The Bertz CT molecular complexity index is 735. The number of hydrogen-bond donors (Lipinski definition) is 2. The highest BCUT2D eigenvalue weighted by molar-refractivity contribution is 5.94. The van der Waals surface area contributed by atoms with Crippen LogP contribution in [0.2, 0.25) is 0 Å². The van der Waals surface area contributed by atoms with Gasteiger partial charge in [-0.05, 0) is 29.8 Å². The van der Waals surface area contributed by atoms with Crippen molar-refractivity contribution in [2.45, 2.75) is 12.5 Å². The van der Waals surface area contributed by atoms with E-state index < -0.39 is 36.6 Å². The first-order chi connectivity index (χ1) is 11.9. The Balaban J connectivity index is 2.00. The molecule has 2 rings (SSSR count). The van der Waals surface area contributed by atoms with Crippen molar-refractivity contribution >= 4 is 11.8 Å². The van der Waals surface area contributed by atoms with Gasteiger partial charge in [0.2, 0.25) is 5.91 Å². The van der Waals surface area contributed by atoms with Crippen molar-refractivity contribution in [3.05, 3.63) is 53.7 Å². The summed E-state index contributed by atoms with van der Waals surface area (Å²) in [6.07, 6.45) is -1.70. The molecule has 6 nitrogen and oxygen atoms in total. The molecule has 1 atom stereocenters. The Morgan fingerprint density at radius 3 is 2.60 bits per heavy atom. The molecule has 2 N–H and O–H groups in total. The van der Waals surface area contributed by atoms with Crippen molar-refractivity contribution < 1.29 is 31.9 Å². The molecule has 25 heavy (non-hydrogen) atoms. The van der Waals surface area contributed by atoms with Crippen LogP contribution in [0.5, 0.6) is 5.75 Å². The SMILES string of the molecule is COc1ccc([C@H](NC(=O)CNC(=O)c2ccco2)C(F)F)cc1F. The third-order valence-corrected chi connectivity index (χ3v) is 3.26. The van der Waals surface area contributed by atoms with Crippen molar-refractivity contribution in [2.24, 2.45) is 0 Å². The van der Waals surface area contributed by atoms with Gasteiger partial charge in [-0.3, -0.25) is 9.59 Å². The summed E-state index contributed by atoms with van der Waals surface area (Å²) in [6, 6.07) is 4.41. The Morgan fingerprint density at radius 1 is 1.28 bits per heavy atom. The van der Waals surface area contributed by atoms with Gasteiger partial charge in [-0.2, -0.15) is 0 Å². The Hall–Kier alpha value is -2.97. The lowest BCUT2D eigenvalue weighted by Crippen LogP contribution is -2.40. The Morgan fingerprint density at radius 2 is 2.04 bits per heavy atom. The molecular weight excluding hydrogens is 341 g/mol. The summed E-state index contributed by atoms with van der Waals surface area (Å²) in [5, 5.41) is 4.28. The molecule has 0 spiro atoms. The molecule has 0 saturated carbocycles. The monoisotopic (exact) mass is 356 g/mol. The fraction of sp³-hybridized carbons (Fsp3) is 0.250. The fourth-order valence-electron chi connectivity index (χ4n) is 2.05. The third kappa shape index (κ3) is 4.75. The van der Waals surface area contributed by atoms with Crippen molar-refractivity contribution in [1.29, 1.82) is 0 Å². The van der Waals surface area contributed by atoms with E-state index in [1.165, 1.54) is 37.6 Å². The van der Waals surface area contributed by atoms with E-state index in [4.69, 9.17) is 9.15 Å². The molecule has 0 radical (unpaired) electrons. The number of furan rings is 1. The third-order valence-electron chi connectivity index (χ3n) is 3.26. The van der Waals surface area contributed by atoms with E-state index in [-0.39, 0.29) is 17.1 Å². The molecule has 0 bridgehead atoms. The standard InChI is InChI=1S/C16H15F3N2O4/c1-24-11-5-4-9(7-10(11)17)14(15(18)19)21-13(22)8-20-16(23)12-3-2-6-25-12/h2-7,14-15H,8H2,1H3,(H,20,23)(H,21,22)/t14-/m0/s1. The van der Waals surface area contributed by atoms with Gasteiger partial charge in [-0.15, -0.1) is 0 Å². The number of amides is 2. The Kier molecular flexibility index (Phi) is 6.04. The van der Waals surface area contributed by atoms with E-state index in [0.29, 0.717) is 0 Å². The van der Waals surface area contributed by atoms with Gasteiger partial charge in [0.05, 0.1) is 19.9 Å². The van der Waals surface area contributed by atoms with Crippen molar-refractivity contribution in [1.82, 2.24) is 10.6 Å². The number of carbonyl (C=O) groups is 2. The van der Waals surface area contributed by atoms with E-state index in [9.17, 15) is 22.8 Å². The molecule has 0 fully saturated rings. The molecule has 9 heteroatoms. The summed E-state index contributed by atoms with van der Waals surface area (Å²) >= 11 is 0. The smallest absolute Gasteiger partial charge is 0.287 e. The average Bonchev–Trinajstić information content (AvgIpc) is 3.12. The minimum atomic E-state index is -2.97. The molecule has 1 aromatic carbocycles. The van der Waals surface area contributed by atoms with E-state index in [1.54, 1.807) is 0 Å². The van der Waals surface area contributed by atoms with E-state index in [1.807, 2.05) is 0 Å². The molecule has 1 heterocycles. The summed E-state index contributed by atoms with van der Waals surface area (Å²) in [5.74, 6) is -2.47. The van der Waals surface area contributed by atoms with Crippen molar-refractivity contribution in [3.63, 3.8) is 0 Å². The zero-order valence-electron chi connectivity index (χ0n) is 13.1. The highest BCUT2D eigenvalue weighted by atomic mass is 19.3. The molecule has 2 amide bonds. The number of benzene rings is 1. The minimum Gasteiger partial charge on any atom is -0.494 e. The number of hydrogen-bond acceptors (Lipinski definition) is 4. The van der Waals surface area contributed by atoms with Crippen LogP contribution in [0.4, 0.5) is 13.2 Å². The number of carbonyl (C=O) groups excluding carboxylic acids is 2. The van der Waals surface area contributed by atoms with Gasteiger partial charge in [0.25, 0.3) is 12.3 Å². The molecule has 2 aromatic rings. The Labute approximate surface area is 141 Å². The highest BCUT2D eigenvalue weighted by Gasteiger charge is 2.25. The van der Waals surface area contributed by atoms with Crippen LogP contribution in [0.3, 0.4) is 0 Å². The molecule has 1 aromatic heterocycles. The number of alkyl halides is 2. The predicted octanol–water partition coefficient (Wildman–Crippen LogP) is 2.28. The van der Waals surface area contributed by atoms with Gasteiger partial charge < -0.3 is 19.8 Å². The lowest BCUT2D eigenvalue weighted by Gasteiger charge is -2.19. The van der Waals surface area contributed by atoms with Crippen LogP contribution in [-0.2, 0) is 4.79 Å². The van der Waals surface area contributed by atoms with Gasteiger partial charge in [0.15, 0.2) is 17.3 Å². The first-order valence-electron chi connectivity index (χ1n) is 7.15. The summed E-state index contributed by atoms with van der Waals surface area (Å²) < 4.78 is 49.6. The normalized spacial score (nSPS) is 11.9. The van der Waals surface area contributed by atoms with Gasteiger partial charge in [0.1, 0.15) is 6.04 Å². The van der Waals surface area contributed by atoms with Crippen molar-refractivity contribution in [3.8, 4) is 5.75 Å². The zero-order valence-corrected chi connectivity index (χ0v) is 13.1. The first-order valence-corrected chi connectivity index (χ1v) is 7.15. The maximum absolute atomic E-state index is 13.7. The van der Waals surface area contributed by atoms with Crippen LogP contribution in [0, 0.1) is 5.82 Å². The van der Waals surface area contributed by atoms with Gasteiger partial charge in [-0.25, -0.2) is 13.2 Å². The number of halogens is 3. The number of ether oxygens (including phenoxy) is 1. The molecule has 0 aliphatic heterocycles.